The molecule has 5 nitrogen and oxygen atoms in total. The molecule has 0 unspecified atom stereocenters. The number of aromatic hydroxyl groups is 1. The number of phenols is 1. The number of carbonyl (C=O) groups is 1. The van der Waals surface area contributed by atoms with E-state index >= 15 is 0 Å². The number of carbonyl (C=O) groups excluding carboxylic acids is 1. The molecule has 0 radical (unpaired) electrons. The minimum atomic E-state index is -0.547. The fourth-order valence-corrected chi connectivity index (χ4v) is 1.73. The van der Waals surface area contributed by atoms with Crippen molar-refractivity contribution in [3.63, 3.8) is 0 Å². The number of hydrogen-bond acceptors (Lipinski definition) is 4. The summed E-state index contributed by atoms with van der Waals surface area (Å²) in [6.45, 7) is 6.04. The van der Waals surface area contributed by atoms with E-state index in [-0.39, 0.29) is 5.75 Å². The number of amides is 1. The molecule has 112 valence electrons. The van der Waals surface area contributed by atoms with Crippen LogP contribution in [0.1, 0.15) is 39.2 Å². The van der Waals surface area contributed by atoms with Crippen LogP contribution in [0.3, 0.4) is 0 Å². The first kappa shape index (κ1) is 16.3. The van der Waals surface area contributed by atoms with Crippen molar-refractivity contribution in [1.29, 1.82) is 0 Å². The largest absolute Gasteiger partial charge is 0.508 e. The molecule has 0 saturated heterocycles. The molecule has 0 spiro atoms. The molecule has 1 rings (SSSR count). The van der Waals surface area contributed by atoms with Gasteiger partial charge in [-0.05, 0) is 58.2 Å². The third-order valence-corrected chi connectivity index (χ3v) is 2.63. The van der Waals surface area contributed by atoms with Gasteiger partial charge in [-0.3, -0.25) is 5.32 Å². The zero-order chi connectivity index (χ0) is 15.2. The number of anilines is 1. The van der Waals surface area contributed by atoms with Crippen molar-refractivity contribution < 1.29 is 14.6 Å². The molecule has 1 aromatic rings. The minimum Gasteiger partial charge on any atom is -0.508 e. The third kappa shape index (κ3) is 5.93. The molecule has 0 fully saturated rings. The van der Waals surface area contributed by atoms with Crippen LogP contribution in [0.15, 0.2) is 18.2 Å². The topological polar surface area (TPSA) is 84.6 Å². The van der Waals surface area contributed by atoms with E-state index in [1.165, 1.54) is 6.07 Å². The highest BCUT2D eigenvalue weighted by Crippen LogP contribution is 2.24. The van der Waals surface area contributed by atoms with Crippen LogP contribution in [-0.4, -0.2) is 23.3 Å². The summed E-state index contributed by atoms with van der Waals surface area (Å²) in [5.74, 6) is 0.176. The van der Waals surface area contributed by atoms with Crippen molar-refractivity contribution in [2.24, 2.45) is 5.73 Å². The number of unbranched alkanes of at least 4 members (excludes halogenated alkanes) is 1. The fraction of sp³-hybridized carbons (Fsp3) is 0.533. The van der Waals surface area contributed by atoms with Crippen LogP contribution in [0.5, 0.6) is 5.75 Å². The lowest BCUT2D eigenvalue weighted by atomic mass is 10.1. The highest BCUT2D eigenvalue weighted by atomic mass is 16.6. The summed E-state index contributed by atoms with van der Waals surface area (Å²) in [7, 11) is 0. The number of rotatable bonds is 5. The van der Waals surface area contributed by atoms with Crippen LogP contribution >= 0.6 is 0 Å². The summed E-state index contributed by atoms with van der Waals surface area (Å²) in [4.78, 5) is 11.6. The van der Waals surface area contributed by atoms with Gasteiger partial charge < -0.3 is 15.6 Å². The SMILES string of the molecule is CC(C)(C)OC(=O)Nc1ccc(CCCCN)c(O)c1. The van der Waals surface area contributed by atoms with Crippen molar-refractivity contribution in [2.75, 3.05) is 11.9 Å². The number of phenolic OH excluding ortho intramolecular Hbond substituents is 1. The maximum atomic E-state index is 11.6. The van der Waals surface area contributed by atoms with E-state index in [0.717, 1.165) is 24.8 Å². The number of nitrogens with two attached hydrogens (primary N) is 1. The molecule has 0 aliphatic rings. The molecule has 0 bridgehead atoms. The van der Waals surface area contributed by atoms with Crippen molar-refractivity contribution >= 4 is 11.8 Å². The Morgan fingerprint density at radius 2 is 2.05 bits per heavy atom. The molecule has 0 atom stereocenters. The third-order valence-electron chi connectivity index (χ3n) is 2.63. The van der Waals surface area contributed by atoms with Crippen LogP contribution in [0.25, 0.3) is 0 Å². The number of nitrogens with one attached hydrogen (secondary N) is 1. The Morgan fingerprint density at radius 1 is 1.35 bits per heavy atom. The highest BCUT2D eigenvalue weighted by Gasteiger charge is 2.16. The quantitative estimate of drug-likeness (QED) is 0.724. The fourth-order valence-electron chi connectivity index (χ4n) is 1.73. The summed E-state index contributed by atoms with van der Waals surface area (Å²) in [5, 5.41) is 12.5. The van der Waals surface area contributed by atoms with Crippen molar-refractivity contribution in [3.05, 3.63) is 23.8 Å². The number of benzene rings is 1. The molecule has 0 aliphatic carbocycles. The van der Waals surface area contributed by atoms with Gasteiger partial charge in [0.2, 0.25) is 0 Å². The predicted molar refractivity (Wildman–Crippen MR) is 80.0 cm³/mol. The second-order valence-corrected chi connectivity index (χ2v) is 5.72. The minimum absolute atomic E-state index is 0.176. The van der Waals surface area contributed by atoms with Crippen molar-refractivity contribution in [2.45, 2.75) is 45.6 Å². The molecule has 0 saturated carbocycles. The van der Waals surface area contributed by atoms with E-state index in [0.29, 0.717) is 12.2 Å². The zero-order valence-corrected chi connectivity index (χ0v) is 12.4. The Morgan fingerprint density at radius 3 is 2.60 bits per heavy atom. The molecule has 20 heavy (non-hydrogen) atoms. The van der Waals surface area contributed by atoms with Gasteiger partial charge in [0, 0.05) is 11.8 Å². The number of ether oxygens (including phenoxy) is 1. The standard InChI is InChI=1S/C15H24N2O3/c1-15(2,3)20-14(19)17-12-8-7-11(13(18)10-12)6-4-5-9-16/h7-8,10,18H,4-6,9,16H2,1-3H3,(H,17,19). The molecule has 5 heteroatoms. The molecule has 0 heterocycles. The Labute approximate surface area is 120 Å². The summed E-state index contributed by atoms with van der Waals surface area (Å²) in [6, 6.07) is 5.08. The average Bonchev–Trinajstić information content (AvgIpc) is 2.29. The molecule has 0 aromatic heterocycles. The Hall–Kier alpha value is -1.75. The molecule has 4 N–H and O–H groups in total. The van der Waals surface area contributed by atoms with Gasteiger partial charge in [-0.25, -0.2) is 4.79 Å². The van der Waals surface area contributed by atoms with Crippen LogP contribution in [-0.2, 0) is 11.2 Å². The summed E-state index contributed by atoms with van der Waals surface area (Å²) in [5.41, 5.74) is 6.26. The highest BCUT2D eigenvalue weighted by molar-refractivity contribution is 5.85. The molecule has 0 aliphatic heterocycles. The van der Waals surface area contributed by atoms with Gasteiger partial charge in [-0.2, -0.15) is 0 Å². The van der Waals surface area contributed by atoms with Crippen LogP contribution in [0.4, 0.5) is 10.5 Å². The normalized spacial score (nSPS) is 11.2. The van der Waals surface area contributed by atoms with E-state index < -0.39 is 11.7 Å². The average molecular weight is 280 g/mol. The van der Waals surface area contributed by atoms with Crippen molar-refractivity contribution in [3.8, 4) is 5.75 Å². The van der Waals surface area contributed by atoms with E-state index in [4.69, 9.17) is 10.5 Å². The van der Waals surface area contributed by atoms with Gasteiger partial charge in [-0.15, -0.1) is 0 Å². The summed E-state index contributed by atoms with van der Waals surface area (Å²) < 4.78 is 5.15. The van der Waals surface area contributed by atoms with Gasteiger partial charge in [0.05, 0.1) is 0 Å². The van der Waals surface area contributed by atoms with Crippen LogP contribution < -0.4 is 11.1 Å². The van der Waals surface area contributed by atoms with Gasteiger partial charge in [0.25, 0.3) is 0 Å². The predicted octanol–water partition coefficient (Wildman–Crippen LogP) is 3.02. The second-order valence-electron chi connectivity index (χ2n) is 5.72. The summed E-state index contributed by atoms with van der Waals surface area (Å²) >= 11 is 0. The van der Waals surface area contributed by atoms with Crippen molar-refractivity contribution in [1.82, 2.24) is 0 Å². The van der Waals surface area contributed by atoms with Gasteiger partial charge >= 0.3 is 6.09 Å². The molecular weight excluding hydrogens is 256 g/mol. The molecular formula is C15H24N2O3. The zero-order valence-electron chi connectivity index (χ0n) is 12.4. The van der Waals surface area contributed by atoms with Gasteiger partial charge in [-0.1, -0.05) is 6.07 Å². The number of aryl methyl sites for hydroxylation is 1. The Kier molecular flexibility index (Phi) is 5.82. The lowest BCUT2D eigenvalue weighted by molar-refractivity contribution is 0.0636. The van der Waals surface area contributed by atoms with E-state index in [1.54, 1.807) is 32.9 Å². The van der Waals surface area contributed by atoms with Crippen LogP contribution in [0.2, 0.25) is 0 Å². The Balaban J connectivity index is 2.61. The molecule has 1 aromatic carbocycles. The lowest BCUT2D eigenvalue weighted by Crippen LogP contribution is -2.27. The maximum Gasteiger partial charge on any atom is 0.412 e. The van der Waals surface area contributed by atoms with Gasteiger partial charge in [0.1, 0.15) is 11.4 Å². The van der Waals surface area contributed by atoms with E-state index in [9.17, 15) is 9.90 Å². The van der Waals surface area contributed by atoms with Gasteiger partial charge in [0.15, 0.2) is 0 Å². The first-order chi connectivity index (χ1) is 9.31. The van der Waals surface area contributed by atoms with E-state index in [2.05, 4.69) is 5.32 Å². The smallest absolute Gasteiger partial charge is 0.412 e. The van der Waals surface area contributed by atoms with Crippen LogP contribution in [0, 0.1) is 0 Å². The second kappa shape index (κ2) is 7.14. The summed E-state index contributed by atoms with van der Waals surface area (Å²) in [6.07, 6.45) is 2.10. The Bertz CT molecular complexity index is 453. The van der Waals surface area contributed by atoms with E-state index in [1.807, 2.05) is 0 Å². The lowest BCUT2D eigenvalue weighted by Gasteiger charge is -2.19. The number of hydrogen-bond donors (Lipinski definition) is 3. The molecule has 1 amide bonds. The maximum absolute atomic E-state index is 11.6. The first-order valence-corrected chi connectivity index (χ1v) is 6.84. The first-order valence-electron chi connectivity index (χ1n) is 6.84. The monoisotopic (exact) mass is 280 g/mol.